The summed E-state index contributed by atoms with van der Waals surface area (Å²) in [6.45, 7) is 0.787. The first-order chi connectivity index (χ1) is 9.26. The highest BCUT2D eigenvalue weighted by Crippen LogP contribution is 2.23. The molecule has 7 nitrogen and oxygen atoms in total. The Morgan fingerprint density at radius 1 is 1.40 bits per heavy atom. The van der Waals surface area contributed by atoms with Gasteiger partial charge in [0, 0.05) is 13.1 Å². The minimum absolute atomic E-state index is 0.105. The van der Waals surface area contributed by atoms with E-state index in [0.29, 0.717) is 24.4 Å². The summed E-state index contributed by atoms with van der Waals surface area (Å²) in [4.78, 5) is 24.9. The average molecular weight is 318 g/mol. The molecule has 0 aliphatic carbocycles. The lowest BCUT2D eigenvalue weighted by atomic mass is 10.2. The van der Waals surface area contributed by atoms with Crippen LogP contribution in [0.1, 0.15) is 25.8 Å². The topological polar surface area (TPSA) is 118 Å². The molecule has 1 atom stereocenters. The van der Waals surface area contributed by atoms with Crippen LogP contribution in [0.25, 0.3) is 0 Å². The monoisotopic (exact) mass is 318 g/mol. The minimum atomic E-state index is -3.54. The number of hydrogen-bond donors (Lipinski definition) is 2. The summed E-state index contributed by atoms with van der Waals surface area (Å²) in [7, 11) is -3.54. The number of hydrogen-bond acceptors (Lipinski definition) is 5. The zero-order valence-electron chi connectivity index (χ0n) is 10.5. The molecule has 2 rings (SSSR count). The average Bonchev–Trinajstić information content (AvgIpc) is 2.93. The third-order valence-corrected chi connectivity index (χ3v) is 5.07. The summed E-state index contributed by atoms with van der Waals surface area (Å²) < 4.78 is 22.0. The van der Waals surface area contributed by atoms with Crippen molar-refractivity contribution in [3.63, 3.8) is 0 Å². The van der Waals surface area contributed by atoms with E-state index in [9.17, 15) is 18.0 Å². The van der Waals surface area contributed by atoms with Gasteiger partial charge in [-0.1, -0.05) is 0 Å². The summed E-state index contributed by atoms with van der Waals surface area (Å²) in [6, 6.07) is 2.86. The van der Waals surface area contributed by atoms with Crippen molar-refractivity contribution in [3.05, 3.63) is 21.9 Å². The van der Waals surface area contributed by atoms with Crippen LogP contribution in [0.15, 0.2) is 12.1 Å². The first-order valence-electron chi connectivity index (χ1n) is 5.89. The number of rotatable bonds is 4. The van der Waals surface area contributed by atoms with E-state index >= 15 is 0 Å². The summed E-state index contributed by atoms with van der Waals surface area (Å²) in [6.07, 6.45) is 0.583. The Morgan fingerprint density at radius 2 is 2.05 bits per heavy atom. The van der Waals surface area contributed by atoms with E-state index in [0.717, 1.165) is 11.3 Å². The lowest BCUT2D eigenvalue weighted by Crippen LogP contribution is -2.30. The number of carboxylic acid groups (broad SMARTS) is 1. The van der Waals surface area contributed by atoms with E-state index in [2.05, 4.69) is 0 Å². The molecule has 9 heteroatoms. The lowest BCUT2D eigenvalue weighted by molar-refractivity contribution is 0.0701. The fourth-order valence-electron chi connectivity index (χ4n) is 2.21. The minimum Gasteiger partial charge on any atom is -0.477 e. The van der Waals surface area contributed by atoms with E-state index in [4.69, 9.17) is 10.2 Å². The number of primary sulfonamides is 1. The molecule has 0 radical (unpaired) electrons. The van der Waals surface area contributed by atoms with Crippen LogP contribution in [0.4, 0.5) is 0 Å². The summed E-state index contributed by atoms with van der Waals surface area (Å²) in [5, 5.41) is 13.8. The summed E-state index contributed by atoms with van der Waals surface area (Å²) in [5.74, 6) is -1.63. The number of carboxylic acids is 1. The molecule has 1 amide bonds. The summed E-state index contributed by atoms with van der Waals surface area (Å²) in [5.41, 5.74) is 0. The van der Waals surface area contributed by atoms with Crippen LogP contribution in [-0.2, 0) is 10.0 Å². The first kappa shape index (κ1) is 14.9. The number of carbonyl (C=O) groups is 2. The van der Waals surface area contributed by atoms with Gasteiger partial charge in [-0.05, 0) is 24.5 Å². The highest BCUT2D eigenvalue weighted by Gasteiger charge is 2.30. The molecule has 1 aliphatic heterocycles. The van der Waals surface area contributed by atoms with E-state index in [1.165, 1.54) is 17.0 Å². The third kappa shape index (κ3) is 3.56. The molecule has 1 fully saturated rings. The van der Waals surface area contributed by atoms with Crippen LogP contribution in [0, 0.1) is 5.92 Å². The molecular weight excluding hydrogens is 304 g/mol. The molecule has 1 aliphatic rings. The van der Waals surface area contributed by atoms with E-state index < -0.39 is 16.0 Å². The van der Waals surface area contributed by atoms with E-state index in [-0.39, 0.29) is 22.5 Å². The number of thiophene rings is 1. The highest BCUT2D eigenvalue weighted by atomic mass is 32.2. The highest BCUT2D eigenvalue weighted by molar-refractivity contribution is 7.89. The molecule has 0 spiro atoms. The molecule has 1 unspecified atom stereocenters. The van der Waals surface area contributed by atoms with Gasteiger partial charge in [0.05, 0.1) is 10.6 Å². The Kier molecular flexibility index (Phi) is 4.11. The van der Waals surface area contributed by atoms with Crippen LogP contribution < -0.4 is 5.14 Å². The molecule has 3 N–H and O–H groups in total. The van der Waals surface area contributed by atoms with Crippen molar-refractivity contribution in [3.8, 4) is 0 Å². The van der Waals surface area contributed by atoms with Crippen LogP contribution >= 0.6 is 11.3 Å². The zero-order valence-corrected chi connectivity index (χ0v) is 12.1. The normalized spacial score (nSPS) is 19.2. The van der Waals surface area contributed by atoms with Crippen molar-refractivity contribution in [1.82, 2.24) is 4.90 Å². The van der Waals surface area contributed by atoms with Crippen LogP contribution in [0.2, 0.25) is 0 Å². The molecule has 1 aromatic rings. The van der Waals surface area contributed by atoms with Crippen molar-refractivity contribution in [1.29, 1.82) is 0 Å². The lowest BCUT2D eigenvalue weighted by Gasteiger charge is -2.15. The Morgan fingerprint density at radius 3 is 2.60 bits per heavy atom. The maximum atomic E-state index is 12.2. The second-order valence-electron chi connectivity index (χ2n) is 4.70. The number of aromatic carboxylic acids is 1. The van der Waals surface area contributed by atoms with Gasteiger partial charge < -0.3 is 10.0 Å². The molecule has 1 saturated heterocycles. The first-order valence-corrected chi connectivity index (χ1v) is 8.42. The van der Waals surface area contributed by atoms with E-state index in [1.807, 2.05) is 0 Å². The number of likely N-dealkylation sites (tertiary alicyclic amines) is 1. The Balaban J connectivity index is 2.02. The fraction of sp³-hybridized carbons (Fsp3) is 0.455. The molecule has 1 aromatic heterocycles. The van der Waals surface area contributed by atoms with Crippen LogP contribution in [-0.4, -0.2) is 49.1 Å². The SMILES string of the molecule is NS(=O)(=O)CC1CCN(C(=O)c2ccc(C(=O)O)s2)C1. The van der Waals surface area contributed by atoms with Gasteiger partial charge in [-0.3, -0.25) is 4.79 Å². The maximum Gasteiger partial charge on any atom is 0.345 e. The largest absolute Gasteiger partial charge is 0.477 e. The number of sulfonamides is 1. The van der Waals surface area contributed by atoms with Gasteiger partial charge in [0.25, 0.3) is 5.91 Å². The number of nitrogens with two attached hydrogens (primary N) is 1. The van der Waals surface area contributed by atoms with E-state index in [1.54, 1.807) is 0 Å². The van der Waals surface area contributed by atoms with Crippen molar-refractivity contribution < 1.29 is 23.1 Å². The number of amides is 1. The molecule has 110 valence electrons. The molecule has 0 bridgehead atoms. The quantitative estimate of drug-likeness (QED) is 0.822. The van der Waals surface area contributed by atoms with Gasteiger partial charge in [-0.25, -0.2) is 18.4 Å². The number of carbonyl (C=O) groups excluding carboxylic acids is 1. The van der Waals surface area contributed by atoms with Crippen molar-refractivity contribution in [2.45, 2.75) is 6.42 Å². The molecule has 0 aromatic carbocycles. The molecule has 20 heavy (non-hydrogen) atoms. The third-order valence-electron chi connectivity index (χ3n) is 3.07. The fourth-order valence-corrected chi connectivity index (χ4v) is 3.95. The smallest absolute Gasteiger partial charge is 0.345 e. The predicted molar refractivity (Wildman–Crippen MR) is 73.3 cm³/mol. The maximum absolute atomic E-state index is 12.2. The standard InChI is InChI=1S/C11H14N2O5S2/c12-20(17,18)6-7-3-4-13(5-7)10(14)8-1-2-9(19-8)11(15)16/h1-2,7H,3-6H2,(H,15,16)(H2,12,17,18). The van der Waals surface area contributed by atoms with Gasteiger partial charge in [0.15, 0.2) is 0 Å². The van der Waals surface area contributed by atoms with Crippen LogP contribution in [0.3, 0.4) is 0 Å². The number of nitrogens with zero attached hydrogens (tertiary/aromatic N) is 1. The second-order valence-corrected chi connectivity index (χ2v) is 7.45. The Labute approximate surface area is 120 Å². The van der Waals surface area contributed by atoms with Gasteiger partial charge in [0.1, 0.15) is 4.88 Å². The van der Waals surface area contributed by atoms with Crippen molar-refractivity contribution >= 4 is 33.2 Å². The summed E-state index contributed by atoms with van der Waals surface area (Å²) >= 11 is 0.917. The molecule has 2 heterocycles. The van der Waals surface area contributed by atoms with Gasteiger partial charge in [-0.2, -0.15) is 0 Å². The molecular formula is C11H14N2O5S2. The van der Waals surface area contributed by atoms with Crippen molar-refractivity contribution in [2.75, 3.05) is 18.8 Å². The molecule has 0 saturated carbocycles. The Bertz CT molecular complexity index is 637. The second kappa shape index (κ2) is 5.51. The zero-order chi connectivity index (χ0) is 14.9. The predicted octanol–water partition coefficient (Wildman–Crippen LogP) is 0.197. The van der Waals surface area contributed by atoms with Gasteiger partial charge in [-0.15, -0.1) is 11.3 Å². The van der Waals surface area contributed by atoms with Gasteiger partial charge >= 0.3 is 5.97 Å². The van der Waals surface area contributed by atoms with Gasteiger partial charge in [0.2, 0.25) is 10.0 Å². The Hall–Kier alpha value is -1.45. The van der Waals surface area contributed by atoms with Crippen molar-refractivity contribution in [2.24, 2.45) is 11.1 Å². The van der Waals surface area contributed by atoms with Crippen LogP contribution in [0.5, 0.6) is 0 Å².